The third-order valence-electron chi connectivity index (χ3n) is 5.78. The van der Waals surface area contributed by atoms with Crippen LogP contribution in [0, 0.1) is 0 Å². The van der Waals surface area contributed by atoms with Crippen LogP contribution in [0.2, 0.25) is 0 Å². The van der Waals surface area contributed by atoms with Gasteiger partial charge in [0.2, 0.25) is 5.91 Å². The first-order valence-corrected chi connectivity index (χ1v) is 12.7. The fraction of sp³-hybridized carbons (Fsp3) is 0.483. The molecule has 0 bridgehead atoms. The van der Waals surface area contributed by atoms with E-state index in [4.69, 9.17) is 0 Å². The Morgan fingerprint density at radius 2 is 1.67 bits per heavy atom. The first-order chi connectivity index (χ1) is 16.1. The predicted molar refractivity (Wildman–Crippen MR) is 140 cm³/mol. The molecule has 0 radical (unpaired) electrons. The van der Waals surface area contributed by atoms with Gasteiger partial charge in [-0.15, -0.1) is 0 Å². The van der Waals surface area contributed by atoms with Crippen molar-refractivity contribution >= 4 is 22.4 Å². The van der Waals surface area contributed by atoms with Crippen molar-refractivity contribution < 1.29 is 9.18 Å². The van der Waals surface area contributed by atoms with Crippen LogP contribution in [-0.4, -0.2) is 23.6 Å². The van der Waals surface area contributed by atoms with E-state index in [-0.39, 0.29) is 5.91 Å². The average molecular weight is 453 g/mol. The van der Waals surface area contributed by atoms with E-state index in [9.17, 15) is 9.18 Å². The number of para-hydroxylation sites is 1. The fourth-order valence-electron chi connectivity index (χ4n) is 3.88. The number of unbranched alkanes of at least 4 members (excludes halogenated alkanes) is 6. The Balaban J connectivity index is 0.000000569. The van der Waals surface area contributed by atoms with Crippen molar-refractivity contribution in [1.29, 1.82) is 0 Å². The maximum Gasteiger partial charge on any atom is 0.224 e. The molecule has 1 aliphatic carbocycles. The van der Waals surface area contributed by atoms with Gasteiger partial charge >= 0.3 is 0 Å². The number of aromatic amines is 1. The Morgan fingerprint density at radius 3 is 2.39 bits per heavy atom. The molecule has 0 aliphatic heterocycles. The van der Waals surface area contributed by atoms with Crippen molar-refractivity contribution in [2.24, 2.45) is 0 Å². The SMILES string of the molecule is CCCCCC.CCCCCCNC(=O)Cc1c(C2=CC=CC(F)C=C2)[nH]c2ccccc12. The zero-order chi connectivity index (χ0) is 23.9. The van der Waals surface area contributed by atoms with Gasteiger partial charge in [-0.3, -0.25) is 4.79 Å². The van der Waals surface area contributed by atoms with Crippen LogP contribution in [0.5, 0.6) is 0 Å². The van der Waals surface area contributed by atoms with Crippen molar-refractivity contribution in [3.8, 4) is 0 Å². The number of rotatable bonds is 11. The van der Waals surface area contributed by atoms with Crippen molar-refractivity contribution in [2.45, 2.75) is 84.7 Å². The number of alkyl halides is 1. The minimum absolute atomic E-state index is 0.0228. The van der Waals surface area contributed by atoms with Crippen LogP contribution in [0.4, 0.5) is 4.39 Å². The Labute approximate surface area is 199 Å². The van der Waals surface area contributed by atoms with E-state index in [1.54, 1.807) is 12.2 Å². The molecule has 1 atom stereocenters. The molecule has 1 aromatic heterocycles. The summed E-state index contributed by atoms with van der Waals surface area (Å²) in [5.41, 5.74) is 3.71. The molecular formula is C29H41FN2O. The molecule has 180 valence electrons. The Bertz CT molecular complexity index is 934. The second-order valence-electron chi connectivity index (χ2n) is 8.63. The number of hydrogen-bond donors (Lipinski definition) is 2. The normalized spacial score (nSPS) is 15.0. The van der Waals surface area contributed by atoms with Gasteiger partial charge < -0.3 is 10.3 Å². The van der Waals surface area contributed by atoms with E-state index < -0.39 is 6.17 Å². The van der Waals surface area contributed by atoms with E-state index in [0.29, 0.717) is 13.0 Å². The number of carbonyl (C=O) groups excluding carboxylic acids is 1. The second kappa shape index (κ2) is 15.3. The predicted octanol–water partition coefficient (Wildman–Crippen LogP) is 7.84. The molecule has 1 heterocycles. The molecule has 2 N–H and O–H groups in total. The van der Waals surface area contributed by atoms with Crippen LogP contribution in [-0.2, 0) is 11.2 Å². The van der Waals surface area contributed by atoms with Gasteiger partial charge in [-0.25, -0.2) is 4.39 Å². The third-order valence-corrected chi connectivity index (χ3v) is 5.78. The Morgan fingerprint density at radius 1 is 0.970 bits per heavy atom. The van der Waals surface area contributed by atoms with Crippen molar-refractivity contribution in [3.05, 3.63) is 65.9 Å². The molecule has 0 fully saturated rings. The zero-order valence-electron chi connectivity index (χ0n) is 20.6. The third kappa shape index (κ3) is 9.03. The number of hydrogen-bond acceptors (Lipinski definition) is 1. The van der Waals surface area contributed by atoms with Crippen LogP contribution in [0.25, 0.3) is 16.5 Å². The topological polar surface area (TPSA) is 44.9 Å². The molecule has 4 heteroatoms. The molecule has 33 heavy (non-hydrogen) atoms. The molecule has 0 saturated heterocycles. The number of aromatic nitrogens is 1. The highest BCUT2D eigenvalue weighted by molar-refractivity contribution is 5.95. The highest BCUT2D eigenvalue weighted by Crippen LogP contribution is 2.29. The summed E-state index contributed by atoms with van der Waals surface area (Å²) >= 11 is 0. The van der Waals surface area contributed by atoms with E-state index in [1.807, 2.05) is 30.3 Å². The number of H-pyrrole nitrogens is 1. The summed E-state index contributed by atoms with van der Waals surface area (Å²) in [7, 11) is 0. The van der Waals surface area contributed by atoms with Gasteiger partial charge in [0.25, 0.3) is 0 Å². The number of carbonyl (C=O) groups is 1. The van der Waals surface area contributed by atoms with E-state index in [0.717, 1.165) is 40.6 Å². The maximum atomic E-state index is 13.6. The molecule has 1 aromatic carbocycles. The van der Waals surface area contributed by atoms with Crippen molar-refractivity contribution in [3.63, 3.8) is 0 Å². The Hall–Kier alpha value is -2.62. The number of halogens is 1. The number of allylic oxidation sites excluding steroid dienone is 6. The molecule has 2 aromatic rings. The van der Waals surface area contributed by atoms with E-state index in [2.05, 4.69) is 31.1 Å². The Kier molecular flexibility index (Phi) is 12.3. The number of benzene rings is 1. The second-order valence-corrected chi connectivity index (χ2v) is 8.63. The highest BCUT2D eigenvalue weighted by atomic mass is 19.1. The van der Waals surface area contributed by atoms with Crippen LogP contribution in [0.15, 0.2) is 54.6 Å². The van der Waals surface area contributed by atoms with Crippen LogP contribution >= 0.6 is 0 Å². The average Bonchev–Trinajstić information content (AvgIpc) is 3.03. The summed E-state index contributed by atoms with van der Waals surface area (Å²) in [6.45, 7) is 7.35. The number of fused-ring (bicyclic) bond motifs is 1. The first kappa shape index (κ1) is 26.6. The lowest BCUT2D eigenvalue weighted by molar-refractivity contribution is -0.120. The first-order valence-electron chi connectivity index (χ1n) is 12.7. The summed E-state index contributed by atoms with van der Waals surface area (Å²) in [6.07, 6.45) is 17.7. The minimum Gasteiger partial charge on any atom is -0.356 e. The molecule has 0 spiro atoms. The lowest BCUT2D eigenvalue weighted by atomic mass is 10.0. The summed E-state index contributed by atoms with van der Waals surface area (Å²) in [5.74, 6) is 0.0228. The van der Waals surface area contributed by atoms with Gasteiger partial charge in [0.05, 0.1) is 12.1 Å². The molecule has 1 amide bonds. The highest BCUT2D eigenvalue weighted by Gasteiger charge is 2.17. The van der Waals surface area contributed by atoms with Gasteiger partial charge in [-0.2, -0.15) is 0 Å². The van der Waals surface area contributed by atoms with E-state index >= 15 is 0 Å². The zero-order valence-corrected chi connectivity index (χ0v) is 20.6. The summed E-state index contributed by atoms with van der Waals surface area (Å²) in [6, 6.07) is 7.96. The summed E-state index contributed by atoms with van der Waals surface area (Å²) < 4.78 is 13.6. The van der Waals surface area contributed by atoms with Crippen LogP contribution in [0.1, 0.15) is 83.4 Å². The van der Waals surface area contributed by atoms with Crippen molar-refractivity contribution in [2.75, 3.05) is 6.54 Å². The van der Waals surface area contributed by atoms with Crippen molar-refractivity contribution in [1.82, 2.24) is 10.3 Å². The molecule has 1 unspecified atom stereocenters. The van der Waals surface area contributed by atoms with Crippen LogP contribution in [0.3, 0.4) is 0 Å². The van der Waals surface area contributed by atoms with Gasteiger partial charge in [-0.1, -0.05) is 102 Å². The smallest absolute Gasteiger partial charge is 0.224 e. The minimum atomic E-state index is -1.09. The van der Waals surface area contributed by atoms with Gasteiger partial charge in [0.15, 0.2) is 0 Å². The van der Waals surface area contributed by atoms with Gasteiger partial charge in [0, 0.05) is 17.4 Å². The summed E-state index contributed by atoms with van der Waals surface area (Å²) in [4.78, 5) is 15.9. The lowest BCUT2D eigenvalue weighted by Gasteiger charge is -2.08. The van der Waals surface area contributed by atoms with Gasteiger partial charge in [0.1, 0.15) is 6.17 Å². The lowest BCUT2D eigenvalue weighted by Crippen LogP contribution is -2.26. The standard InChI is InChI=1S/C23H27FN2O.C6H14/c1-2-3-4-7-15-25-22(27)16-20-19-11-5-6-12-21(19)26-23(20)17-9-8-10-18(24)14-13-17;1-3-5-6-4-2/h5-6,8-14,18,26H,2-4,7,15-16H2,1H3,(H,25,27);3-6H2,1-2H3. The monoisotopic (exact) mass is 452 g/mol. The molecule has 0 saturated carbocycles. The van der Waals surface area contributed by atoms with Gasteiger partial charge in [-0.05, 0) is 35.8 Å². The maximum absolute atomic E-state index is 13.6. The molecule has 3 rings (SSSR count). The number of amides is 1. The van der Waals surface area contributed by atoms with Crippen LogP contribution < -0.4 is 5.32 Å². The molecule has 1 aliphatic rings. The quantitative estimate of drug-likeness (QED) is 0.335. The molecule has 3 nitrogen and oxygen atoms in total. The van der Waals surface area contributed by atoms with E-state index in [1.165, 1.54) is 50.7 Å². The molecular weight excluding hydrogens is 411 g/mol. The fourth-order valence-corrected chi connectivity index (χ4v) is 3.88. The number of nitrogens with one attached hydrogen (secondary N) is 2. The summed E-state index contributed by atoms with van der Waals surface area (Å²) in [5, 5.41) is 4.06. The largest absolute Gasteiger partial charge is 0.356 e.